The summed E-state index contributed by atoms with van der Waals surface area (Å²) in [6.07, 6.45) is 18.7. The maximum Gasteiger partial charge on any atom is 0.0715 e. The minimum absolute atomic E-state index is 0.877. The summed E-state index contributed by atoms with van der Waals surface area (Å²) in [5, 5.41) is 2.54. The van der Waals surface area contributed by atoms with Crippen LogP contribution in [0.3, 0.4) is 0 Å². The van der Waals surface area contributed by atoms with E-state index in [0.29, 0.717) is 0 Å². The molecule has 40 heavy (non-hydrogen) atoms. The average molecular weight is 515 g/mol. The molecule has 4 heteroatoms. The van der Waals surface area contributed by atoms with Crippen LogP contribution in [0.15, 0.2) is 122 Å². The third kappa shape index (κ3) is 4.20. The molecular weight excluding hydrogens is 488 g/mol. The van der Waals surface area contributed by atoms with Gasteiger partial charge in [-0.1, -0.05) is 48.6 Å². The minimum atomic E-state index is 0.877. The van der Waals surface area contributed by atoms with Gasteiger partial charge in [-0.05, 0) is 94.4 Å². The van der Waals surface area contributed by atoms with E-state index in [-0.39, 0.29) is 0 Å². The maximum absolute atomic E-state index is 5.06. The number of nitrogens with zero attached hydrogens (tertiary/aromatic N) is 4. The van der Waals surface area contributed by atoms with Gasteiger partial charge in [-0.15, -0.1) is 0 Å². The smallest absolute Gasteiger partial charge is 0.0715 e. The third-order valence-corrected chi connectivity index (χ3v) is 7.58. The molecule has 1 aliphatic rings. The van der Waals surface area contributed by atoms with Crippen LogP contribution in [0, 0.1) is 0 Å². The number of aromatic nitrogens is 4. The van der Waals surface area contributed by atoms with E-state index in [1.807, 2.05) is 49.1 Å². The highest BCUT2D eigenvalue weighted by atomic mass is 14.7. The molecule has 0 bridgehead atoms. The third-order valence-electron chi connectivity index (χ3n) is 7.58. The molecule has 0 N–H and O–H groups in total. The lowest BCUT2D eigenvalue weighted by Gasteiger charge is -2.21. The Hall–Kier alpha value is -5.22. The highest BCUT2D eigenvalue weighted by molar-refractivity contribution is 6.03. The van der Waals surface area contributed by atoms with Crippen molar-refractivity contribution in [1.29, 1.82) is 0 Å². The van der Waals surface area contributed by atoms with Crippen molar-refractivity contribution in [3.8, 4) is 33.6 Å². The van der Waals surface area contributed by atoms with Crippen LogP contribution < -0.4 is 0 Å². The molecular formula is C36H26N4. The fraction of sp³-hybridized carbons (Fsp3) is 0.0556. The molecule has 0 spiro atoms. The first-order valence-corrected chi connectivity index (χ1v) is 13.5. The van der Waals surface area contributed by atoms with Crippen molar-refractivity contribution in [2.75, 3.05) is 0 Å². The zero-order chi connectivity index (χ0) is 26.9. The average Bonchev–Trinajstić information content (AvgIpc) is 3.04. The summed E-state index contributed by atoms with van der Waals surface area (Å²) in [7, 11) is 0. The fourth-order valence-corrected chi connectivity index (χ4v) is 5.71. The minimum Gasteiger partial charge on any atom is -0.265 e. The molecule has 0 fully saturated rings. The molecule has 0 atom stereocenters. The Morgan fingerprint density at radius 3 is 2.27 bits per heavy atom. The molecule has 4 nitrogen and oxygen atoms in total. The van der Waals surface area contributed by atoms with E-state index in [9.17, 15) is 0 Å². The highest BCUT2D eigenvalue weighted by Crippen LogP contribution is 2.40. The lowest BCUT2D eigenvalue weighted by Crippen LogP contribution is -2.02. The Kier molecular flexibility index (Phi) is 6.06. The SMILES string of the molecule is C/C=C(/c1cncc(-c2ccncc2)c1)c1ccc2ccc(-c3cccc(-c4ccncc4)n3)c3c2c1CC=C3. The fourth-order valence-electron chi connectivity index (χ4n) is 5.71. The lowest BCUT2D eigenvalue weighted by atomic mass is 9.83. The van der Waals surface area contributed by atoms with Gasteiger partial charge in [0.1, 0.15) is 0 Å². The number of hydrogen-bond acceptors (Lipinski definition) is 4. The van der Waals surface area contributed by atoms with Gasteiger partial charge in [0.15, 0.2) is 0 Å². The van der Waals surface area contributed by atoms with Crippen molar-refractivity contribution in [3.05, 3.63) is 144 Å². The van der Waals surface area contributed by atoms with Gasteiger partial charge in [-0.2, -0.15) is 0 Å². The van der Waals surface area contributed by atoms with Crippen LogP contribution in [0.25, 0.3) is 56.1 Å². The van der Waals surface area contributed by atoms with Gasteiger partial charge in [0.05, 0.1) is 11.4 Å². The second-order valence-electron chi connectivity index (χ2n) is 9.87. The van der Waals surface area contributed by atoms with E-state index >= 15 is 0 Å². The zero-order valence-electron chi connectivity index (χ0n) is 22.1. The molecule has 0 saturated heterocycles. The van der Waals surface area contributed by atoms with Gasteiger partial charge in [0.25, 0.3) is 0 Å². The molecule has 4 aromatic heterocycles. The van der Waals surface area contributed by atoms with E-state index in [1.165, 1.54) is 33.0 Å². The predicted octanol–water partition coefficient (Wildman–Crippen LogP) is 8.44. The number of hydrogen-bond donors (Lipinski definition) is 0. The molecule has 4 heterocycles. The Morgan fingerprint density at radius 2 is 1.48 bits per heavy atom. The van der Waals surface area contributed by atoms with Crippen LogP contribution in [0.1, 0.15) is 29.2 Å². The molecule has 1 aliphatic carbocycles. The number of benzene rings is 2. The van der Waals surface area contributed by atoms with Gasteiger partial charge in [0, 0.05) is 59.4 Å². The second kappa shape index (κ2) is 10.2. The summed E-state index contributed by atoms with van der Waals surface area (Å²) in [5.41, 5.74) is 12.4. The van der Waals surface area contributed by atoms with Crippen molar-refractivity contribution in [3.63, 3.8) is 0 Å². The summed E-state index contributed by atoms with van der Waals surface area (Å²) >= 11 is 0. The monoisotopic (exact) mass is 514 g/mol. The summed E-state index contributed by atoms with van der Waals surface area (Å²) in [6.45, 7) is 2.11. The normalized spacial score (nSPS) is 12.6. The van der Waals surface area contributed by atoms with Crippen LogP contribution in [0.2, 0.25) is 0 Å². The number of pyridine rings is 4. The van der Waals surface area contributed by atoms with Crippen LogP contribution in [-0.2, 0) is 6.42 Å². The number of rotatable bonds is 5. The van der Waals surface area contributed by atoms with E-state index in [0.717, 1.165) is 45.6 Å². The first-order chi connectivity index (χ1) is 19.8. The maximum atomic E-state index is 5.06. The van der Waals surface area contributed by atoms with E-state index < -0.39 is 0 Å². The van der Waals surface area contributed by atoms with Crippen molar-refractivity contribution in [1.82, 2.24) is 19.9 Å². The molecule has 0 radical (unpaired) electrons. The van der Waals surface area contributed by atoms with Gasteiger partial charge >= 0.3 is 0 Å². The molecule has 0 saturated carbocycles. The Balaban J connectivity index is 1.36. The van der Waals surface area contributed by atoms with Crippen LogP contribution in [-0.4, -0.2) is 19.9 Å². The Labute approximate surface area is 233 Å². The molecule has 0 unspecified atom stereocenters. The molecule has 0 aliphatic heterocycles. The Bertz CT molecular complexity index is 1920. The standard InChI is InChI=1S/C36H26N4/c1-2-29(28-21-27(22-39-23-28)24-13-17-37-18-14-24)30-11-9-26-10-12-31(33-6-3-5-32(30)36(26)33)35-8-4-7-34(40-35)25-15-19-38-20-16-25/h2-4,6-23H,5H2,1H3/b29-2-. The molecule has 7 rings (SSSR count). The summed E-state index contributed by atoms with van der Waals surface area (Å²) in [6, 6.07) is 25.4. The second-order valence-corrected chi connectivity index (χ2v) is 9.87. The zero-order valence-corrected chi connectivity index (χ0v) is 22.1. The largest absolute Gasteiger partial charge is 0.265 e. The molecule has 2 aromatic carbocycles. The topological polar surface area (TPSA) is 51.6 Å². The van der Waals surface area contributed by atoms with Gasteiger partial charge in [-0.3, -0.25) is 15.0 Å². The van der Waals surface area contributed by atoms with Crippen LogP contribution in [0.4, 0.5) is 0 Å². The summed E-state index contributed by atoms with van der Waals surface area (Å²) < 4.78 is 0. The van der Waals surface area contributed by atoms with Gasteiger partial charge in [-0.25, -0.2) is 4.98 Å². The number of allylic oxidation sites excluding steroid dienone is 2. The van der Waals surface area contributed by atoms with Crippen LogP contribution in [0.5, 0.6) is 0 Å². The Morgan fingerprint density at radius 1 is 0.725 bits per heavy atom. The van der Waals surface area contributed by atoms with Crippen molar-refractivity contribution >= 4 is 22.4 Å². The lowest BCUT2D eigenvalue weighted by molar-refractivity contribution is 1.25. The van der Waals surface area contributed by atoms with E-state index in [4.69, 9.17) is 4.98 Å². The quantitative estimate of drug-likeness (QED) is 0.232. The van der Waals surface area contributed by atoms with Crippen molar-refractivity contribution in [2.24, 2.45) is 0 Å². The first kappa shape index (κ1) is 23.9. The highest BCUT2D eigenvalue weighted by Gasteiger charge is 2.20. The van der Waals surface area contributed by atoms with Crippen molar-refractivity contribution < 1.29 is 0 Å². The summed E-state index contributed by atoms with van der Waals surface area (Å²) in [5.74, 6) is 0. The molecule has 190 valence electrons. The van der Waals surface area contributed by atoms with Gasteiger partial charge < -0.3 is 0 Å². The van der Waals surface area contributed by atoms with Gasteiger partial charge in [0.2, 0.25) is 0 Å². The first-order valence-electron chi connectivity index (χ1n) is 13.5. The van der Waals surface area contributed by atoms with E-state index in [1.54, 1.807) is 12.4 Å². The van der Waals surface area contributed by atoms with E-state index in [2.05, 4.69) is 88.6 Å². The predicted molar refractivity (Wildman–Crippen MR) is 163 cm³/mol. The van der Waals surface area contributed by atoms with Crippen LogP contribution >= 0.6 is 0 Å². The summed E-state index contributed by atoms with van der Waals surface area (Å²) in [4.78, 5) is 18.0. The molecule has 0 amide bonds. The van der Waals surface area contributed by atoms with Crippen molar-refractivity contribution in [2.45, 2.75) is 13.3 Å². The molecule has 6 aromatic rings.